The lowest BCUT2D eigenvalue weighted by Crippen LogP contribution is -2.61. The number of rotatable bonds is 3. The Morgan fingerprint density at radius 3 is 1.52 bits per heavy atom. The van der Waals surface area contributed by atoms with Crippen LogP contribution in [0.2, 0.25) is 13.1 Å². The maximum Gasteiger partial charge on any atom is 0.297 e. The first kappa shape index (κ1) is 42.2. The van der Waals surface area contributed by atoms with Gasteiger partial charge >= 0.3 is 0 Å². The fourth-order valence-corrected chi connectivity index (χ4v) is 13.8. The van der Waals surface area contributed by atoms with Gasteiger partial charge in [0.15, 0.2) is 0 Å². The van der Waals surface area contributed by atoms with Crippen molar-refractivity contribution in [3.8, 4) is 0 Å². The number of nitrogens with zero attached hydrogens (tertiary/aromatic N) is 2. The molecule has 64 heavy (non-hydrogen) atoms. The Balaban J connectivity index is 1.27. The molecule has 3 heterocycles. The summed E-state index contributed by atoms with van der Waals surface area (Å²) in [7, 11) is -0.615. The summed E-state index contributed by atoms with van der Waals surface area (Å²) in [5, 5.41) is 2.69. The van der Waals surface area contributed by atoms with E-state index in [2.05, 4.69) is 192 Å². The van der Waals surface area contributed by atoms with Crippen molar-refractivity contribution in [2.75, 3.05) is 9.80 Å². The minimum absolute atomic E-state index is 0.0523. The monoisotopic (exact) mass is 862 g/mol. The Kier molecular flexibility index (Phi) is 8.78. The molecule has 3 aliphatic carbocycles. The van der Waals surface area contributed by atoms with E-state index in [-0.39, 0.29) is 39.2 Å². The largest absolute Gasteiger partial charge is 0.468 e. The third-order valence-electron chi connectivity index (χ3n) is 17.5. The average molecular weight is 862 g/mol. The van der Waals surface area contributed by atoms with E-state index >= 15 is 0 Å². The first-order chi connectivity index (χ1) is 29.9. The fourth-order valence-electron chi connectivity index (χ4n) is 12.9. The van der Waals surface area contributed by atoms with Crippen LogP contribution in [0.25, 0.3) is 11.0 Å². The topological polar surface area (TPSA) is 19.6 Å². The van der Waals surface area contributed by atoms with Gasteiger partial charge in [-0.1, -0.05) is 126 Å². The second-order valence-corrected chi connectivity index (χ2v) is 27.6. The van der Waals surface area contributed by atoms with Crippen molar-refractivity contribution in [3.05, 3.63) is 118 Å². The maximum absolute atomic E-state index is 7.62. The van der Waals surface area contributed by atoms with Crippen LogP contribution in [0.15, 0.2) is 83.3 Å². The van der Waals surface area contributed by atoms with Crippen LogP contribution >= 0.6 is 0 Å². The predicted octanol–water partition coefficient (Wildman–Crippen LogP) is 13.8. The van der Waals surface area contributed by atoms with Crippen molar-refractivity contribution < 1.29 is 4.42 Å². The summed E-state index contributed by atoms with van der Waals surface area (Å²) in [6.45, 7) is 36.6. The van der Waals surface area contributed by atoms with Crippen LogP contribution in [-0.4, -0.2) is 15.5 Å². The third-order valence-corrected chi connectivity index (χ3v) is 19.0. The van der Waals surface area contributed by atoms with Crippen molar-refractivity contribution in [1.82, 2.24) is 0 Å². The Morgan fingerprint density at radius 1 is 0.484 bits per heavy atom. The molecule has 2 aliphatic heterocycles. The molecule has 0 fully saturated rings. The van der Waals surface area contributed by atoms with Gasteiger partial charge in [0.1, 0.15) is 5.58 Å². The van der Waals surface area contributed by atoms with E-state index in [4.69, 9.17) is 4.42 Å². The highest BCUT2D eigenvalue weighted by Crippen LogP contribution is 2.54. The number of anilines is 6. The molecule has 0 unspecified atom stereocenters. The van der Waals surface area contributed by atoms with Gasteiger partial charge in [0, 0.05) is 33.8 Å². The molecule has 0 bridgehead atoms. The molecule has 5 heteroatoms. The average Bonchev–Trinajstić information content (AvgIpc) is 3.60. The maximum atomic E-state index is 7.62. The number of aryl methyl sites for hydroxylation is 1. The van der Waals surface area contributed by atoms with Crippen molar-refractivity contribution in [3.63, 3.8) is 0 Å². The lowest BCUT2D eigenvalue weighted by atomic mass is 9.35. The molecule has 5 aromatic carbocycles. The summed E-state index contributed by atoms with van der Waals surface area (Å²) in [5.74, 6) is 0. The molecule has 0 atom stereocenters. The van der Waals surface area contributed by atoms with Gasteiger partial charge in [-0.3, -0.25) is 0 Å². The highest BCUT2D eigenvalue weighted by molar-refractivity contribution is 7.00. The van der Waals surface area contributed by atoms with Crippen molar-refractivity contribution in [2.45, 2.75) is 174 Å². The Bertz CT molecular complexity index is 2960. The van der Waals surface area contributed by atoms with Crippen LogP contribution in [-0.2, 0) is 32.5 Å². The van der Waals surface area contributed by atoms with Crippen LogP contribution in [0.4, 0.5) is 34.1 Å². The summed E-state index contributed by atoms with van der Waals surface area (Å²) < 4.78 is 7.62. The van der Waals surface area contributed by atoms with Crippen molar-refractivity contribution >= 4 is 82.4 Å². The molecule has 3 nitrogen and oxygen atoms in total. The summed E-state index contributed by atoms with van der Waals surface area (Å²) in [6, 6.07) is 32.3. The minimum Gasteiger partial charge on any atom is -0.468 e. The number of hydrogen-bond acceptors (Lipinski definition) is 3. The number of hydrogen-bond donors (Lipinski definition) is 0. The van der Waals surface area contributed by atoms with Crippen molar-refractivity contribution in [1.29, 1.82) is 0 Å². The Hall–Kier alpha value is -4.48. The van der Waals surface area contributed by atoms with Crippen LogP contribution < -0.4 is 31.6 Å². The van der Waals surface area contributed by atoms with Crippen LogP contribution in [0.3, 0.4) is 0 Å². The van der Waals surface area contributed by atoms with Crippen LogP contribution in [0.1, 0.15) is 161 Å². The Morgan fingerprint density at radius 2 is 0.953 bits per heavy atom. The van der Waals surface area contributed by atoms with E-state index in [0.29, 0.717) is 0 Å². The summed E-state index contributed by atoms with van der Waals surface area (Å²) >= 11 is 0. The van der Waals surface area contributed by atoms with E-state index in [0.717, 1.165) is 11.2 Å². The number of fused-ring (bicyclic) bond motifs is 9. The molecule has 0 saturated heterocycles. The molecular formula is C59H70BN2OSi. The highest BCUT2D eigenvalue weighted by Gasteiger charge is 2.50. The predicted molar refractivity (Wildman–Crippen MR) is 278 cm³/mol. The molecule has 0 N–H and O–H groups in total. The lowest BCUT2D eigenvalue weighted by Gasteiger charge is -2.47. The van der Waals surface area contributed by atoms with Gasteiger partial charge < -0.3 is 14.2 Å². The van der Waals surface area contributed by atoms with Gasteiger partial charge in [-0.05, 0) is 182 Å². The normalized spacial score (nSPS) is 21.2. The van der Waals surface area contributed by atoms with Gasteiger partial charge in [0.25, 0.3) is 6.71 Å². The smallest absolute Gasteiger partial charge is 0.297 e. The van der Waals surface area contributed by atoms with E-state index in [1.54, 1.807) is 0 Å². The minimum atomic E-state index is -0.615. The van der Waals surface area contributed by atoms with E-state index in [1.807, 2.05) is 0 Å². The first-order valence-electron chi connectivity index (χ1n) is 24.5. The SMILES string of the molecule is Cc1cc2c3c(c1)N(c1ccc([Si](C)C)cc1)c1c(oc4cc5c(cc14)C(C)(C)CCC5(C)C)B3c1cc3c(cc1N2c1ccc2c(c1)C(C)(C)CCC2(C)C)C(C)(C)CCC3(C)C. The van der Waals surface area contributed by atoms with E-state index in [9.17, 15) is 0 Å². The van der Waals surface area contributed by atoms with E-state index in [1.165, 1.54) is 133 Å². The molecule has 5 aliphatic rings. The summed E-state index contributed by atoms with van der Waals surface area (Å²) in [5.41, 5.74) is 23.0. The Labute approximate surface area is 386 Å². The summed E-state index contributed by atoms with van der Waals surface area (Å²) in [4.78, 5) is 5.28. The molecule has 0 saturated carbocycles. The molecular weight excluding hydrogens is 792 g/mol. The van der Waals surface area contributed by atoms with Crippen LogP contribution in [0.5, 0.6) is 0 Å². The molecule has 329 valence electrons. The zero-order valence-electron chi connectivity index (χ0n) is 41.6. The van der Waals surface area contributed by atoms with Gasteiger partial charge in [-0.25, -0.2) is 0 Å². The molecule has 1 aromatic heterocycles. The van der Waals surface area contributed by atoms with Gasteiger partial charge in [-0.2, -0.15) is 0 Å². The number of furan rings is 1. The van der Waals surface area contributed by atoms with Crippen molar-refractivity contribution in [2.24, 2.45) is 0 Å². The quantitative estimate of drug-likeness (QED) is 0.165. The molecule has 1 radical (unpaired) electrons. The molecule has 6 aromatic rings. The van der Waals surface area contributed by atoms with Gasteiger partial charge in [0.05, 0.1) is 20.1 Å². The molecule has 0 spiro atoms. The lowest BCUT2D eigenvalue weighted by molar-refractivity contribution is 0.332. The first-order valence-corrected chi connectivity index (χ1v) is 27.0. The fraction of sp³-hybridized carbons (Fsp3) is 0.458. The highest BCUT2D eigenvalue weighted by atomic mass is 28.3. The molecule has 0 amide bonds. The van der Waals surface area contributed by atoms with E-state index < -0.39 is 8.80 Å². The molecule has 11 rings (SSSR count). The number of benzene rings is 5. The second kappa shape index (κ2) is 13.3. The van der Waals surface area contributed by atoms with Crippen LogP contribution in [0, 0.1) is 6.92 Å². The zero-order valence-corrected chi connectivity index (χ0v) is 42.6. The third kappa shape index (κ3) is 5.96. The van der Waals surface area contributed by atoms with Gasteiger partial charge in [-0.15, -0.1) is 0 Å². The zero-order chi connectivity index (χ0) is 45.4. The van der Waals surface area contributed by atoms with Gasteiger partial charge in [0.2, 0.25) is 0 Å². The summed E-state index contributed by atoms with van der Waals surface area (Å²) in [6.07, 6.45) is 7.08. The standard InChI is InChI=1S/C59H70BN2OSi/c1-35-28-48-51-49(29-35)62(36-16-19-38(20-17-36)64(14)15)52-39-31-42-45(59(12,13)27-24-56(42,6)7)34-50(39)63-53(52)60(51)46-32-43-44(58(10,11)26-25-57(43,8)9)33-47(46)61(48)37-18-21-40-41(30-37)55(4,5)23-22-54(40,2)3/h16-21,28-34H,22-27H2,1-15H3. The second-order valence-electron chi connectivity index (χ2n) is 25.1.